The normalized spacial score (nSPS) is 16.2. The Morgan fingerprint density at radius 3 is 0.900 bits per heavy atom. The second kappa shape index (κ2) is 18.1. The van der Waals surface area contributed by atoms with Gasteiger partial charge < -0.3 is 18.9 Å². The Morgan fingerprint density at radius 1 is 0.275 bits per heavy atom. The van der Waals surface area contributed by atoms with E-state index in [1.54, 1.807) is 0 Å². The molecule has 0 unspecified atom stereocenters. The number of hydrogen-bond acceptors (Lipinski definition) is 6. The number of benzene rings is 8. The molecule has 12 aromatic rings. The SMILES string of the molecule is CC1(C)N=C(c2ccccc2)N(c2cncc(-c3ccc4c(c3)c3cc(-c5ccc6c(c5)c5cc(-c7cncc(N8C(c9ccccc9)=NC(C)(C)C8(C)C)c7)ccc5n6-c5ccccc5)ccc3n4-c3ccccc3)c2)C1(C)C. The van der Waals surface area contributed by atoms with E-state index in [4.69, 9.17) is 20.0 Å². The number of rotatable bonds is 9. The Bertz CT molecular complexity index is 4180. The van der Waals surface area contributed by atoms with Gasteiger partial charge in [-0.15, -0.1) is 0 Å². The van der Waals surface area contributed by atoms with Gasteiger partial charge in [-0.2, -0.15) is 0 Å². The minimum Gasteiger partial charge on any atom is -0.317 e. The Morgan fingerprint density at radius 2 is 0.575 bits per heavy atom. The van der Waals surface area contributed by atoms with Gasteiger partial charge in [-0.25, -0.2) is 0 Å². The molecule has 0 atom stereocenters. The van der Waals surface area contributed by atoms with E-state index < -0.39 is 0 Å². The van der Waals surface area contributed by atoms with E-state index in [0.29, 0.717) is 0 Å². The summed E-state index contributed by atoms with van der Waals surface area (Å²) in [6.45, 7) is 18.0. The van der Waals surface area contributed by atoms with Crippen LogP contribution < -0.4 is 9.80 Å². The van der Waals surface area contributed by atoms with E-state index in [2.05, 4.69) is 281 Å². The molecule has 8 heteroatoms. The second-order valence-corrected chi connectivity index (χ2v) is 23.6. The van der Waals surface area contributed by atoms with Crippen molar-refractivity contribution in [3.05, 3.63) is 242 Å². The lowest BCUT2D eigenvalue weighted by atomic mass is 9.83. The van der Waals surface area contributed by atoms with Crippen LogP contribution in [-0.2, 0) is 0 Å². The first-order chi connectivity index (χ1) is 38.7. The first kappa shape index (κ1) is 48.9. The average Bonchev–Trinajstić information content (AvgIpc) is 4.16. The van der Waals surface area contributed by atoms with Gasteiger partial charge in [-0.05, 0) is 163 Å². The zero-order valence-electron chi connectivity index (χ0n) is 46.5. The molecular formula is C72H62N8. The summed E-state index contributed by atoms with van der Waals surface area (Å²) in [5, 5.41) is 4.71. The van der Waals surface area contributed by atoms with Crippen LogP contribution in [0.25, 0.3) is 88.4 Å². The summed E-state index contributed by atoms with van der Waals surface area (Å²) in [5.41, 5.74) is 16.3. The van der Waals surface area contributed by atoms with Crippen molar-refractivity contribution in [1.29, 1.82) is 0 Å². The van der Waals surface area contributed by atoms with E-state index in [-0.39, 0.29) is 22.2 Å². The highest BCUT2D eigenvalue weighted by molar-refractivity contribution is 6.16. The van der Waals surface area contributed by atoms with Gasteiger partial charge in [0.15, 0.2) is 0 Å². The Balaban J connectivity index is 0.898. The lowest BCUT2D eigenvalue weighted by molar-refractivity contribution is 0.338. The number of hydrogen-bond donors (Lipinski definition) is 0. The molecule has 0 saturated heterocycles. The van der Waals surface area contributed by atoms with Crippen LogP contribution in [0.4, 0.5) is 11.4 Å². The molecule has 0 amide bonds. The highest BCUT2D eigenvalue weighted by Crippen LogP contribution is 2.46. The molecule has 8 nitrogen and oxygen atoms in total. The number of nitrogens with zero attached hydrogens (tertiary/aromatic N) is 8. The molecule has 0 N–H and O–H groups in total. The monoisotopic (exact) mass is 1040 g/mol. The van der Waals surface area contributed by atoms with Gasteiger partial charge in [-0.1, -0.05) is 121 Å². The van der Waals surface area contributed by atoms with Crippen molar-refractivity contribution in [3.8, 4) is 44.8 Å². The zero-order chi connectivity index (χ0) is 54.7. The predicted octanol–water partition coefficient (Wildman–Crippen LogP) is 17.3. The number of fused-ring (bicyclic) bond motifs is 6. The maximum Gasteiger partial charge on any atom is 0.136 e. The fraction of sp³-hybridized carbons (Fsp3) is 0.167. The first-order valence-corrected chi connectivity index (χ1v) is 27.8. The van der Waals surface area contributed by atoms with E-state index in [9.17, 15) is 0 Å². The van der Waals surface area contributed by atoms with Crippen LogP contribution in [0.5, 0.6) is 0 Å². The summed E-state index contributed by atoms with van der Waals surface area (Å²) in [7, 11) is 0. The third-order valence-electron chi connectivity index (χ3n) is 17.9. The van der Waals surface area contributed by atoms with Crippen molar-refractivity contribution >= 4 is 66.7 Å². The van der Waals surface area contributed by atoms with Gasteiger partial charge in [-0.3, -0.25) is 20.0 Å². The molecule has 0 aliphatic carbocycles. The van der Waals surface area contributed by atoms with Crippen LogP contribution in [0.3, 0.4) is 0 Å². The van der Waals surface area contributed by atoms with E-state index in [1.165, 1.54) is 21.5 Å². The molecule has 8 aromatic carbocycles. The summed E-state index contributed by atoms with van der Waals surface area (Å²) >= 11 is 0. The summed E-state index contributed by atoms with van der Waals surface area (Å²) < 4.78 is 4.79. The van der Waals surface area contributed by atoms with Gasteiger partial charge in [0.05, 0.1) is 68.0 Å². The number of amidine groups is 2. The summed E-state index contributed by atoms with van der Waals surface area (Å²) in [5.74, 6) is 1.91. The molecule has 0 spiro atoms. The standard InChI is InChI=1S/C72H62N8/c1-69(2)71(5,6)79(67(75-69)47-21-13-9-14-22-47)57-37-53(43-73-45-57)51-31-35-65-61(41-51)59-39-49(29-33-63(59)77(65)55-25-17-11-18-26-55)50-30-34-64-60(40-50)62-42-52(32-36-66(62)78(64)56-27-19-12-20-28-56)54-38-58(46-74-44-54)80-68(48-23-15-10-16-24-48)76-70(3,4)72(80,7)8/h9-46H,1-8H3. The third-order valence-corrected chi connectivity index (χ3v) is 17.9. The van der Waals surface area contributed by atoms with Crippen LogP contribution in [-0.4, -0.2) is 52.9 Å². The van der Waals surface area contributed by atoms with Crippen LogP contribution in [0, 0.1) is 0 Å². The van der Waals surface area contributed by atoms with Crippen molar-refractivity contribution in [2.24, 2.45) is 9.98 Å². The number of aliphatic imine (C=N–C) groups is 2. The van der Waals surface area contributed by atoms with E-state index in [0.717, 1.165) is 101 Å². The van der Waals surface area contributed by atoms with Crippen LogP contribution in [0.2, 0.25) is 0 Å². The van der Waals surface area contributed by atoms with Crippen LogP contribution in [0.1, 0.15) is 66.5 Å². The fourth-order valence-electron chi connectivity index (χ4n) is 12.3. The van der Waals surface area contributed by atoms with Crippen molar-refractivity contribution in [2.75, 3.05) is 9.80 Å². The number of pyridine rings is 2. The molecule has 0 saturated carbocycles. The maximum atomic E-state index is 5.34. The number of para-hydroxylation sites is 2. The minimum atomic E-state index is -0.339. The Hall–Kier alpha value is -9.40. The van der Waals surface area contributed by atoms with Gasteiger partial charge in [0, 0.05) is 67.6 Å². The maximum absolute atomic E-state index is 5.34. The Kier molecular flexibility index (Phi) is 11.1. The average molecular weight is 1040 g/mol. The predicted molar refractivity (Wildman–Crippen MR) is 334 cm³/mol. The number of anilines is 2. The number of aromatic nitrogens is 4. The zero-order valence-corrected chi connectivity index (χ0v) is 46.5. The largest absolute Gasteiger partial charge is 0.317 e. The molecule has 80 heavy (non-hydrogen) atoms. The fourth-order valence-corrected chi connectivity index (χ4v) is 12.3. The third kappa shape index (κ3) is 7.64. The molecule has 6 heterocycles. The Labute approximate surface area is 467 Å². The van der Waals surface area contributed by atoms with Gasteiger partial charge in [0.25, 0.3) is 0 Å². The molecular weight excluding hydrogens is 977 g/mol. The second-order valence-electron chi connectivity index (χ2n) is 23.6. The topological polar surface area (TPSA) is 66.8 Å². The summed E-state index contributed by atoms with van der Waals surface area (Å²) in [6.07, 6.45) is 7.94. The molecule has 0 fully saturated rings. The molecule has 4 aromatic heterocycles. The molecule has 390 valence electrons. The molecule has 2 aliphatic heterocycles. The van der Waals surface area contributed by atoms with Gasteiger partial charge in [0.1, 0.15) is 11.7 Å². The highest BCUT2D eigenvalue weighted by Gasteiger charge is 2.51. The molecule has 0 radical (unpaired) electrons. The first-order valence-electron chi connectivity index (χ1n) is 27.8. The summed E-state index contributed by atoms with van der Waals surface area (Å²) in [6, 6.07) is 74.7. The van der Waals surface area contributed by atoms with Gasteiger partial charge in [0.2, 0.25) is 0 Å². The summed E-state index contributed by atoms with van der Waals surface area (Å²) in [4.78, 5) is 25.3. The lowest BCUT2D eigenvalue weighted by Crippen LogP contribution is -2.53. The highest BCUT2D eigenvalue weighted by atomic mass is 15.3. The van der Waals surface area contributed by atoms with Crippen LogP contribution in [0.15, 0.2) is 241 Å². The molecule has 14 rings (SSSR count). The quantitative estimate of drug-likeness (QED) is 0.144. The van der Waals surface area contributed by atoms with Gasteiger partial charge >= 0.3 is 0 Å². The smallest absolute Gasteiger partial charge is 0.136 e. The van der Waals surface area contributed by atoms with Crippen molar-refractivity contribution in [1.82, 2.24) is 19.1 Å². The van der Waals surface area contributed by atoms with Crippen LogP contribution >= 0.6 is 0 Å². The lowest BCUT2D eigenvalue weighted by Gasteiger charge is -2.41. The van der Waals surface area contributed by atoms with E-state index in [1.807, 2.05) is 24.8 Å². The van der Waals surface area contributed by atoms with E-state index >= 15 is 0 Å². The van der Waals surface area contributed by atoms with Crippen molar-refractivity contribution < 1.29 is 0 Å². The minimum absolute atomic E-state index is 0.320. The molecule has 0 bridgehead atoms. The van der Waals surface area contributed by atoms with Crippen molar-refractivity contribution in [3.63, 3.8) is 0 Å². The van der Waals surface area contributed by atoms with Crippen molar-refractivity contribution in [2.45, 2.75) is 77.5 Å². The molecule has 2 aliphatic rings.